The normalized spacial score (nSPS) is 27.3. The quantitative estimate of drug-likeness (QED) is 0.910. The molecule has 6 heteroatoms. The lowest BCUT2D eigenvalue weighted by Gasteiger charge is -2.33. The van der Waals surface area contributed by atoms with E-state index in [9.17, 15) is 14.7 Å². The second-order valence-electron chi connectivity index (χ2n) is 5.87. The second-order valence-corrected chi connectivity index (χ2v) is 5.87. The van der Waals surface area contributed by atoms with Crippen LogP contribution in [0.1, 0.15) is 16.8 Å². The fraction of sp³-hybridized carbons (Fsp3) is 0.500. The molecule has 2 aliphatic rings. The first-order chi connectivity index (χ1) is 10.6. The highest BCUT2D eigenvalue weighted by Gasteiger charge is 2.55. The van der Waals surface area contributed by atoms with Gasteiger partial charge in [-0.1, -0.05) is 12.1 Å². The number of benzene rings is 1. The van der Waals surface area contributed by atoms with Crippen molar-refractivity contribution in [2.75, 3.05) is 33.4 Å². The number of nitrogens with zero attached hydrogens (tertiary/aromatic N) is 1. The molecule has 0 radical (unpaired) electrons. The van der Waals surface area contributed by atoms with Crippen LogP contribution in [0.3, 0.4) is 0 Å². The maximum atomic E-state index is 12.7. The number of hydrogen-bond acceptors (Lipinski definition) is 4. The third kappa shape index (κ3) is 2.23. The molecule has 1 N–H and O–H groups in total. The van der Waals surface area contributed by atoms with Crippen LogP contribution in [-0.2, 0) is 9.53 Å². The molecule has 3 rings (SSSR count). The molecule has 2 aliphatic heterocycles. The van der Waals surface area contributed by atoms with Gasteiger partial charge in [0.15, 0.2) is 0 Å². The summed E-state index contributed by atoms with van der Waals surface area (Å²) >= 11 is 0. The molecule has 2 heterocycles. The van der Waals surface area contributed by atoms with Crippen LogP contribution in [0, 0.1) is 11.3 Å². The van der Waals surface area contributed by atoms with Crippen LogP contribution in [0.5, 0.6) is 5.75 Å². The predicted molar refractivity (Wildman–Crippen MR) is 77.9 cm³/mol. The molecule has 0 aliphatic carbocycles. The fourth-order valence-corrected chi connectivity index (χ4v) is 3.45. The smallest absolute Gasteiger partial charge is 0.311 e. The van der Waals surface area contributed by atoms with Crippen molar-refractivity contribution in [3.8, 4) is 5.75 Å². The number of amides is 1. The average molecular weight is 305 g/mol. The molecule has 22 heavy (non-hydrogen) atoms. The van der Waals surface area contributed by atoms with Crippen LogP contribution in [0.15, 0.2) is 24.3 Å². The van der Waals surface area contributed by atoms with Gasteiger partial charge in [-0.25, -0.2) is 0 Å². The zero-order valence-corrected chi connectivity index (χ0v) is 12.4. The maximum absolute atomic E-state index is 12.7. The molecule has 2 atom stereocenters. The number of rotatable bonds is 3. The number of carboxylic acids is 1. The van der Waals surface area contributed by atoms with Crippen LogP contribution in [0.2, 0.25) is 0 Å². The van der Waals surface area contributed by atoms with E-state index >= 15 is 0 Å². The van der Waals surface area contributed by atoms with Gasteiger partial charge < -0.3 is 19.5 Å². The molecule has 0 saturated carbocycles. The Hall–Kier alpha value is -2.08. The van der Waals surface area contributed by atoms with Crippen LogP contribution >= 0.6 is 0 Å². The van der Waals surface area contributed by atoms with E-state index in [0.29, 0.717) is 37.5 Å². The lowest BCUT2D eigenvalue weighted by Crippen LogP contribution is -2.45. The summed E-state index contributed by atoms with van der Waals surface area (Å²) in [7, 11) is 1.52. The van der Waals surface area contributed by atoms with Crippen molar-refractivity contribution >= 4 is 11.9 Å². The first-order valence-electron chi connectivity index (χ1n) is 7.32. The van der Waals surface area contributed by atoms with Gasteiger partial charge in [0.05, 0.1) is 24.7 Å². The molecule has 0 bridgehead atoms. The molecular weight excluding hydrogens is 286 g/mol. The standard InChI is InChI=1S/C16H19NO5/c1-21-13-5-3-2-4-12(13)14(18)17-8-11-9-22-7-6-16(11,10-17)15(19)20/h2-5,11H,6-10H2,1H3,(H,19,20)/t11-,16+/m0/s1. The highest BCUT2D eigenvalue weighted by atomic mass is 16.5. The maximum Gasteiger partial charge on any atom is 0.311 e. The van der Waals surface area contributed by atoms with E-state index in [-0.39, 0.29) is 18.4 Å². The van der Waals surface area contributed by atoms with E-state index in [0.717, 1.165) is 0 Å². The van der Waals surface area contributed by atoms with Crippen LogP contribution < -0.4 is 4.74 Å². The third-order valence-electron chi connectivity index (χ3n) is 4.76. The van der Waals surface area contributed by atoms with Gasteiger partial charge in [0, 0.05) is 25.6 Å². The lowest BCUT2D eigenvalue weighted by molar-refractivity contribution is -0.157. The lowest BCUT2D eigenvalue weighted by atomic mass is 9.74. The molecule has 1 amide bonds. The zero-order valence-electron chi connectivity index (χ0n) is 12.4. The van der Waals surface area contributed by atoms with Crippen molar-refractivity contribution < 1.29 is 24.2 Å². The Kier molecular flexibility index (Phi) is 3.78. The van der Waals surface area contributed by atoms with Gasteiger partial charge in [-0.15, -0.1) is 0 Å². The highest BCUT2D eigenvalue weighted by molar-refractivity contribution is 5.97. The molecule has 6 nitrogen and oxygen atoms in total. The number of para-hydroxylation sites is 1. The van der Waals surface area contributed by atoms with Crippen molar-refractivity contribution in [3.05, 3.63) is 29.8 Å². The largest absolute Gasteiger partial charge is 0.496 e. The SMILES string of the molecule is COc1ccccc1C(=O)N1C[C@H]2COCC[C@@]2(C(=O)O)C1. The molecule has 118 valence electrons. The summed E-state index contributed by atoms with van der Waals surface area (Å²) in [4.78, 5) is 26.1. The minimum absolute atomic E-state index is 0.155. The molecular formula is C16H19NO5. The molecule has 0 unspecified atom stereocenters. The van der Waals surface area contributed by atoms with E-state index in [4.69, 9.17) is 9.47 Å². The Labute approximate surface area is 128 Å². The first-order valence-corrected chi connectivity index (χ1v) is 7.32. The summed E-state index contributed by atoms with van der Waals surface area (Å²) in [5.41, 5.74) is -0.416. The summed E-state index contributed by atoms with van der Waals surface area (Å²) in [6.07, 6.45) is 0.447. The number of carboxylic acid groups (broad SMARTS) is 1. The summed E-state index contributed by atoms with van der Waals surface area (Å²) in [6.45, 7) is 1.46. The topological polar surface area (TPSA) is 76.1 Å². The van der Waals surface area contributed by atoms with E-state index in [1.165, 1.54) is 7.11 Å². The Morgan fingerprint density at radius 1 is 1.41 bits per heavy atom. The number of ether oxygens (including phenoxy) is 2. The summed E-state index contributed by atoms with van der Waals surface area (Å²) in [6, 6.07) is 7.00. The fourth-order valence-electron chi connectivity index (χ4n) is 3.45. The zero-order chi connectivity index (χ0) is 15.7. The van der Waals surface area contributed by atoms with Gasteiger partial charge in [0.1, 0.15) is 5.75 Å². The van der Waals surface area contributed by atoms with E-state index in [1.807, 2.05) is 0 Å². The van der Waals surface area contributed by atoms with E-state index < -0.39 is 11.4 Å². The first kappa shape index (κ1) is 14.8. The van der Waals surface area contributed by atoms with Crippen molar-refractivity contribution in [2.45, 2.75) is 6.42 Å². The van der Waals surface area contributed by atoms with Gasteiger partial charge >= 0.3 is 5.97 Å². The minimum Gasteiger partial charge on any atom is -0.496 e. The molecule has 0 aromatic heterocycles. The number of fused-ring (bicyclic) bond motifs is 1. The van der Waals surface area contributed by atoms with Gasteiger partial charge in [0.25, 0.3) is 5.91 Å². The number of aliphatic carboxylic acids is 1. The van der Waals surface area contributed by atoms with Crippen molar-refractivity contribution in [1.82, 2.24) is 4.90 Å². The van der Waals surface area contributed by atoms with E-state index in [1.54, 1.807) is 29.2 Å². The van der Waals surface area contributed by atoms with Crippen molar-refractivity contribution in [2.24, 2.45) is 11.3 Å². The minimum atomic E-state index is -0.879. The van der Waals surface area contributed by atoms with Gasteiger partial charge in [-0.05, 0) is 18.6 Å². The van der Waals surface area contributed by atoms with Gasteiger partial charge in [0.2, 0.25) is 0 Å². The predicted octanol–water partition coefficient (Wildman–Crippen LogP) is 1.26. The molecule has 2 fully saturated rings. The average Bonchev–Trinajstić information content (AvgIpc) is 2.95. The molecule has 1 aromatic carbocycles. The summed E-state index contributed by atoms with van der Waals surface area (Å²) < 4.78 is 10.6. The second kappa shape index (κ2) is 5.61. The Morgan fingerprint density at radius 2 is 2.18 bits per heavy atom. The Balaban J connectivity index is 1.87. The number of carbonyl (C=O) groups excluding carboxylic acids is 1. The number of hydrogen-bond donors (Lipinski definition) is 1. The van der Waals surface area contributed by atoms with Gasteiger partial charge in [-0.3, -0.25) is 9.59 Å². The third-order valence-corrected chi connectivity index (χ3v) is 4.76. The number of methoxy groups -OCH3 is 1. The van der Waals surface area contributed by atoms with E-state index in [2.05, 4.69) is 0 Å². The van der Waals surface area contributed by atoms with Crippen LogP contribution in [0.25, 0.3) is 0 Å². The Bertz CT molecular complexity index is 602. The highest BCUT2D eigenvalue weighted by Crippen LogP contribution is 2.43. The van der Waals surface area contributed by atoms with Gasteiger partial charge in [-0.2, -0.15) is 0 Å². The summed E-state index contributed by atoms with van der Waals surface area (Å²) in [5.74, 6) is -0.677. The van der Waals surface area contributed by atoms with Crippen molar-refractivity contribution in [3.63, 3.8) is 0 Å². The van der Waals surface area contributed by atoms with Crippen LogP contribution in [-0.4, -0.2) is 55.3 Å². The molecule has 0 spiro atoms. The summed E-state index contributed by atoms with van der Waals surface area (Å²) in [5, 5.41) is 9.65. The Morgan fingerprint density at radius 3 is 2.86 bits per heavy atom. The van der Waals surface area contributed by atoms with Crippen LogP contribution in [0.4, 0.5) is 0 Å². The number of carbonyl (C=O) groups is 2. The molecule has 2 saturated heterocycles. The number of likely N-dealkylation sites (tertiary alicyclic amines) is 1. The monoisotopic (exact) mass is 305 g/mol. The van der Waals surface area contributed by atoms with Crippen molar-refractivity contribution in [1.29, 1.82) is 0 Å². The molecule has 1 aromatic rings.